The van der Waals surface area contributed by atoms with Crippen LogP contribution in [-0.2, 0) is 6.54 Å². The van der Waals surface area contributed by atoms with Crippen LogP contribution < -0.4 is 24.3 Å². The van der Waals surface area contributed by atoms with Gasteiger partial charge in [0.15, 0.2) is 11.5 Å². The minimum absolute atomic E-state index is 0.253. The standard InChI is InChI=1S/C28H29N3O5/c1-18-9-11-21(12-10-18)31-17-23(26(30-31)20-7-6-8-22(15-20)33-2)28(32)29-16-19-13-24(34-3)27(36-5)25(14-19)35-4/h6-15,17H,16H2,1-5H3,(H,29,32). The summed E-state index contributed by atoms with van der Waals surface area (Å²) >= 11 is 0. The predicted octanol–water partition coefficient (Wildman–Crippen LogP) is 4.81. The molecule has 8 nitrogen and oxygen atoms in total. The number of carbonyl (C=O) groups excluding carboxylic acids is 1. The summed E-state index contributed by atoms with van der Waals surface area (Å²) in [5.41, 5.74) is 4.56. The summed E-state index contributed by atoms with van der Waals surface area (Å²) < 4.78 is 23.3. The van der Waals surface area contributed by atoms with E-state index < -0.39 is 0 Å². The molecule has 3 aromatic carbocycles. The van der Waals surface area contributed by atoms with Crippen LogP contribution in [0.15, 0.2) is 66.9 Å². The molecule has 4 rings (SSSR count). The number of amides is 1. The molecule has 0 atom stereocenters. The molecule has 8 heteroatoms. The highest BCUT2D eigenvalue weighted by Gasteiger charge is 2.20. The highest BCUT2D eigenvalue weighted by atomic mass is 16.5. The van der Waals surface area contributed by atoms with E-state index in [1.54, 1.807) is 51.5 Å². The maximum atomic E-state index is 13.4. The van der Waals surface area contributed by atoms with Crippen LogP contribution in [0.25, 0.3) is 16.9 Å². The molecule has 1 aromatic heterocycles. The van der Waals surface area contributed by atoms with Crippen LogP contribution in [0, 0.1) is 6.92 Å². The van der Waals surface area contributed by atoms with Crippen LogP contribution in [-0.4, -0.2) is 44.1 Å². The molecule has 0 fully saturated rings. The van der Waals surface area contributed by atoms with Gasteiger partial charge in [-0.05, 0) is 48.9 Å². The summed E-state index contributed by atoms with van der Waals surface area (Å²) in [6, 6.07) is 19.0. The summed E-state index contributed by atoms with van der Waals surface area (Å²) in [7, 11) is 6.27. The van der Waals surface area contributed by atoms with Gasteiger partial charge in [0.1, 0.15) is 11.4 Å². The lowest BCUT2D eigenvalue weighted by Gasteiger charge is -2.14. The van der Waals surface area contributed by atoms with Crippen LogP contribution in [0.3, 0.4) is 0 Å². The maximum Gasteiger partial charge on any atom is 0.255 e. The summed E-state index contributed by atoms with van der Waals surface area (Å²) in [6.45, 7) is 2.28. The molecule has 0 spiro atoms. The Morgan fingerprint density at radius 3 is 2.19 bits per heavy atom. The predicted molar refractivity (Wildman–Crippen MR) is 138 cm³/mol. The second-order valence-electron chi connectivity index (χ2n) is 8.12. The lowest BCUT2D eigenvalue weighted by molar-refractivity contribution is 0.0951. The molecular weight excluding hydrogens is 458 g/mol. The zero-order chi connectivity index (χ0) is 25.7. The van der Waals surface area contributed by atoms with Gasteiger partial charge in [0, 0.05) is 18.3 Å². The van der Waals surface area contributed by atoms with Gasteiger partial charge >= 0.3 is 0 Å². The zero-order valence-electron chi connectivity index (χ0n) is 21.0. The van der Waals surface area contributed by atoms with Crippen molar-refractivity contribution in [1.82, 2.24) is 15.1 Å². The van der Waals surface area contributed by atoms with E-state index in [-0.39, 0.29) is 12.5 Å². The van der Waals surface area contributed by atoms with Gasteiger partial charge in [-0.2, -0.15) is 5.10 Å². The molecule has 0 aliphatic carbocycles. The van der Waals surface area contributed by atoms with E-state index in [1.807, 2.05) is 55.5 Å². The minimum Gasteiger partial charge on any atom is -0.497 e. The average Bonchev–Trinajstić information content (AvgIpc) is 3.37. The lowest BCUT2D eigenvalue weighted by atomic mass is 10.1. The fourth-order valence-electron chi connectivity index (χ4n) is 3.87. The first-order valence-electron chi connectivity index (χ1n) is 11.4. The number of methoxy groups -OCH3 is 4. The first kappa shape index (κ1) is 24.7. The molecule has 0 aliphatic heterocycles. The summed E-state index contributed by atoms with van der Waals surface area (Å²) in [4.78, 5) is 13.4. The molecule has 0 radical (unpaired) electrons. The number of carbonyl (C=O) groups is 1. The second kappa shape index (κ2) is 10.9. The second-order valence-corrected chi connectivity index (χ2v) is 8.12. The van der Waals surface area contributed by atoms with Gasteiger partial charge in [0.2, 0.25) is 5.75 Å². The van der Waals surface area contributed by atoms with Gasteiger partial charge < -0.3 is 24.3 Å². The Bertz CT molecular complexity index is 1340. The van der Waals surface area contributed by atoms with Gasteiger partial charge in [0.25, 0.3) is 5.91 Å². The molecule has 0 unspecified atom stereocenters. The number of aromatic nitrogens is 2. The van der Waals surface area contributed by atoms with Crippen molar-refractivity contribution in [2.24, 2.45) is 0 Å². The molecule has 0 bridgehead atoms. The number of hydrogen-bond donors (Lipinski definition) is 1. The van der Waals surface area contributed by atoms with E-state index in [0.717, 1.165) is 22.4 Å². The highest BCUT2D eigenvalue weighted by Crippen LogP contribution is 2.38. The van der Waals surface area contributed by atoms with Crippen LogP contribution >= 0.6 is 0 Å². The number of rotatable bonds is 9. The molecule has 36 heavy (non-hydrogen) atoms. The fourth-order valence-corrected chi connectivity index (χ4v) is 3.87. The zero-order valence-corrected chi connectivity index (χ0v) is 21.0. The molecule has 186 valence electrons. The van der Waals surface area contributed by atoms with Gasteiger partial charge in [-0.15, -0.1) is 0 Å². The van der Waals surface area contributed by atoms with Gasteiger partial charge in [-0.25, -0.2) is 4.68 Å². The van der Waals surface area contributed by atoms with Crippen molar-refractivity contribution in [3.8, 4) is 39.9 Å². The Balaban J connectivity index is 1.68. The van der Waals surface area contributed by atoms with Crippen LogP contribution in [0.2, 0.25) is 0 Å². The number of nitrogens with zero attached hydrogens (tertiary/aromatic N) is 2. The van der Waals surface area contributed by atoms with E-state index in [9.17, 15) is 4.79 Å². The maximum absolute atomic E-state index is 13.4. The van der Waals surface area contributed by atoms with Gasteiger partial charge in [-0.1, -0.05) is 29.8 Å². The van der Waals surface area contributed by atoms with E-state index >= 15 is 0 Å². The van der Waals surface area contributed by atoms with E-state index in [2.05, 4.69) is 5.32 Å². The largest absolute Gasteiger partial charge is 0.497 e. The van der Waals surface area contributed by atoms with Crippen molar-refractivity contribution in [1.29, 1.82) is 0 Å². The normalized spacial score (nSPS) is 10.6. The Morgan fingerprint density at radius 1 is 0.889 bits per heavy atom. The molecule has 1 heterocycles. The van der Waals surface area contributed by atoms with Crippen molar-refractivity contribution in [3.05, 3.63) is 83.6 Å². The monoisotopic (exact) mass is 487 g/mol. The number of ether oxygens (including phenoxy) is 4. The van der Waals surface area contributed by atoms with Crippen LogP contribution in [0.4, 0.5) is 0 Å². The minimum atomic E-state index is -0.264. The molecule has 4 aromatic rings. The third-order valence-corrected chi connectivity index (χ3v) is 5.78. The third-order valence-electron chi connectivity index (χ3n) is 5.78. The van der Waals surface area contributed by atoms with Crippen molar-refractivity contribution in [2.45, 2.75) is 13.5 Å². The SMILES string of the molecule is COc1cccc(-c2nn(-c3ccc(C)cc3)cc2C(=O)NCc2cc(OC)c(OC)c(OC)c2)c1. The number of benzene rings is 3. The highest BCUT2D eigenvalue weighted by molar-refractivity contribution is 6.00. The number of nitrogens with one attached hydrogen (secondary N) is 1. The number of aryl methyl sites for hydroxylation is 1. The van der Waals surface area contributed by atoms with Crippen molar-refractivity contribution in [3.63, 3.8) is 0 Å². The Kier molecular flexibility index (Phi) is 7.44. The third kappa shape index (κ3) is 5.12. The topological polar surface area (TPSA) is 83.8 Å². The fraction of sp³-hybridized carbons (Fsp3) is 0.214. The summed E-state index contributed by atoms with van der Waals surface area (Å²) in [5, 5.41) is 7.75. The first-order chi connectivity index (χ1) is 17.5. The Labute approximate surface area is 210 Å². The van der Waals surface area contributed by atoms with E-state index in [1.165, 1.54) is 0 Å². The molecule has 1 amide bonds. The summed E-state index contributed by atoms with van der Waals surface area (Å²) in [6.07, 6.45) is 1.74. The number of hydrogen-bond acceptors (Lipinski definition) is 6. The van der Waals surface area contributed by atoms with Crippen LogP contribution in [0.1, 0.15) is 21.5 Å². The molecular formula is C28H29N3O5. The smallest absolute Gasteiger partial charge is 0.255 e. The quantitative estimate of drug-likeness (QED) is 0.365. The first-order valence-corrected chi connectivity index (χ1v) is 11.4. The van der Waals surface area contributed by atoms with Gasteiger partial charge in [-0.3, -0.25) is 4.79 Å². The van der Waals surface area contributed by atoms with E-state index in [0.29, 0.717) is 34.3 Å². The van der Waals surface area contributed by atoms with Crippen molar-refractivity contribution < 1.29 is 23.7 Å². The molecule has 0 saturated heterocycles. The Morgan fingerprint density at radius 2 is 1.58 bits per heavy atom. The molecule has 1 N–H and O–H groups in total. The summed E-state index contributed by atoms with van der Waals surface area (Å²) in [5.74, 6) is 1.95. The van der Waals surface area contributed by atoms with Gasteiger partial charge in [0.05, 0.1) is 39.7 Å². The molecule has 0 aliphatic rings. The lowest BCUT2D eigenvalue weighted by Crippen LogP contribution is -2.23. The Hall–Kier alpha value is -4.46. The van der Waals surface area contributed by atoms with Crippen molar-refractivity contribution in [2.75, 3.05) is 28.4 Å². The average molecular weight is 488 g/mol. The van der Waals surface area contributed by atoms with Crippen LogP contribution in [0.5, 0.6) is 23.0 Å². The molecule has 0 saturated carbocycles. The van der Waals surface area contributed by atoms with Crippen molar-refractivity contribution >= 4 is 5.91 Å². The van der Waals surface area contributed by atoms with E-state index in [4.69, 9.17) is 24.0 Å².